The van der Waals surface area contributed by atoms with Crippen LogP contribution in [0.15, 0.2) is 41.5 Å². The zero-order valence-electron chi connectivity index (χ0n) is 23.0. The van der Waals surface area contributed by atoms with E-state index in [9.17, 15) is 9.90 Å². The van der Waals surface area contributed by atoms with Crippen molar-refractivity contribution in [1.82, 2.24) is 15.2 Å². The smallest absolute Gasteiger partial charge is 0.254 e. The Labute approximate surface area is 216 Å². The van der Waals surface area contributed by atoms with Crippen molar-refractivity contribution in [3.05, 3.63) is 64.2 Å². The van der Waals surface area contributed by atoms with Crippen LogP contribution in [0.5, 0.6) is 5.75 Å². The van der Waals surface area contributed by atoms with Crippen LogP contribution in [-0.2, 0) is 22.2 Å². The van der Waals surface area contributed by atoms with E-state index < -0.39 is 0 Å². The number of aromatic hydroxyl groups is 1. The molecule has 0 aromatic heterocycles. The van der Waals surface area contributed by atoms with Gasteiger partial charge in [-0.2, -0.15) is 10.4 Å². The number of carbonyl (C=O) groups excluding carboxylic acids is 1. The predicted molar refractivity (Wildman–Crippen MR) is 146 cm³/mol. The fraction of sp³-hybridized carbons (Fsp3) is 0.483. The highest BCUT2D eigenvalue weighted by Crippen LogP contribution is 2.37. The van der Waals surface area contributed by atoms with Crippen LogP contribution >= 0.6 is 0 Å². The second-order valence-corrected chi connectivity index (χ2v) is 11.5. The summed E-state index contributed by atoms with van der Waals surface area (Å²) >= 11 is 0. The number of likely N-dealkylation sites (N-methyl/N-ethyl adjacent to an activating group) is 2. The molecule has 0 heterocycles. The van der Waals surface area contributed by atoms with E-state index in [1.54, 1.807) is 0 Å². The number of hydrogen-bond acceptors (Lipinski definition) is 6. The summed E-state index contributed by atoms with van der Waals surface area (Å²) in [4.78, 5) is 16.5. The Morgan fingerprint density at radius 2 is 1.64 bits per heavy atom. The summed E-state index contributed by atoms with van der Waals surface area (Å²) in [6.07, 6.45) is 1.52. The number of nitrogens with one attached hydrogen (secondary N) is 1. The molecule has 0 aliphatic carbocycles. The number of benzene rings is 2. The third kappa shape index (κ3) is 8.78. The molecule has 7 nitrogen and oxygen atoms in total. The van der Waals surface area contributed by atoms with Crippen LogP contribution in [0, 0.1) is 11.3 Å². The summed E-state index contributed by atoms with van der Waals surface area (Å²) < 4.78 is 0. The van der Waals surface area contributed by atoms with Crippen molar-refractivity contribution in [3.8, 4) is 11.8 Å². The molecule has 36 heavy (non-hydrogen) atoms. The van der Waals surface area contributed by atoms with Gasteiger partial charge in [-0.25, -0.2) is 5.43 Å². The summed E-state index contributed by atoms with van der Waals surface area (Å²) in [7, 11) is 3.92. The number of hydrogen-bond donors (Lipinski definition) is 2. The average Bonchev–Trinajstić information content (AvgIpc) is 2.77. The van der Waals surface area contributed by atoms with Crippen LogP contribution in [-0.4, -0.2) is 60.8 Å². The van der Waals surface area contributed by atoms with Gasteiger partial charge in [0.25, 0.3) is 5.91 Å². The van der Waals surface area contributed by atoms with Gasteiger partial charge in [-0.1, -0.05) is 59.7 Å². The highest BCUT2D eigenvalue weighted by molar-refractivity contribution is 5.86. The zero-order valence-corrected chi connectivity index (χ0v) is 23.0. The number of hydrazone groups is 1. The van der Waals surface area contributed by atoms with E-state index in [0.29, 0.717) is 17.7 Å². The Morgan fingerprint density at radius 1 is 1.03 bits per heavy atom. The van der Waals surface area contributed by atoms with Gasteiger partial charge in [0.2, 0.25) is 0 Å². The van der Waals surface area contributed by atoms with E-state index in [0.717, 1.165) is 29.8 Å². The molecular formula is C29H41N5O2. The monoisotopic (exact) mass is 491 g/mol. The molecule has 0 aliphatic rings. The normalized spacial score (nSPS) is 12.4. The lowest BCUT2D eigenvalue weighted by Crippen LogP contribution is -2.37. The van der Waals surface area contributed by atoms with E-state index in [4.69, 9.17) is 5.26 Å². The quantitative estimate of drug-likeness (QED) is 0.401. The predicted octanol–water partition coefficient (Wildman–Crippen LogP) is 4.37. The molecule has 2 N–H and O–H groups in total. The Balaban J connectivity index is 1.92. The molecule has 2 aromatic carbocycles. The van der Waals surface area contributed by atoms with Crippen LogP contribution in [0.1, 0.15) is 69.4 Å². The lowest BCUT2D eigenvalue weighted by Gasteiger charge is -2.26. The van der Waals surface area contributed by atoms with Crippen LogP contribution < -0.4 is 5.43 Å². The summed E-state index contributed by atoms with van der Waals surface area (Å²) in [5.74, 6) is -0.0260. The Kier molecular flexibility index (Phi) is 9.80. The minimum absolute atomic E-state index is 0.0878. The summed E-state index contributed by atoms with van der Waals surface area (Å²) in [5, 5.41) is 23.9. The first-order valence-electron chi connectivity index (χ1n) is 12.3. The van der Waals surface area contributed by atoms with Gasteiger partial charge in [-0.15, -0.1) is 0 Å². The Morgan fingerprint density at radius 3 is 2.19 bits per heavy atom. The van der Waals surface area contributed by atoms with Crippen molar-refractivity contribution < 1.29 is 9.90 Å². The number of nitriles is 1. The van der Waals surface area contributed by atoms with E-state index in [1.807, 2.05) is 49.3 Å². The molecule has 0 radical (unpaired) electrons. The molecule has 1 amide bonds. The van der Waals surface area contributed by atoms with Gasteiger partial charge in [-0.3, -0.25) is 9.69 Å². The molecule has 7 heteroatoms. The maximum atomic E-state index is 12.4. The molecule has 0 saturated heterocycles. The second kappa shape index (κ2) is 12.2. The topological polar surface area (TPSA) is 92.0 Å². The van der Waals surface area contributed by atoms with Crippen LogP contribution in [0.2, 0.25) is 0 Å². The molecule has 2 rings (SSSR count). The van der Waals surface area contributed by atoms with Gasteiger partial charge in [0.05, 0.1) is 24.4 Å². The fourth-order valence-electron chi connectivity index (χ4n) is 3.71. The molecule has 0 atom stereocenters. The van der Waals surface area contributed by atoms with Crippen LogP contribution in [0.25, 0.3) is 0 Å². The summed E-state index contributed by atoms with van der Waals surface area (Å²) in [5.41, 5.74) is 6.60. The Hall–Kier alpha value is -3.21. The third-order valence-corrected chi connectivity index (χ3v) is 6.02. The van der Waals surface area contributed by atoms with Crippen molar-refractivity contribution in [2.75, 3.05) is 33.7 Å². The number of carbonyl (C=O) groups is 1. The lowest BCUT2D eigenvalue weighted by atomic mass is 9.79. The molecule has 0 saturated carbocycles. The van der Waals surface area contributed by atoms with Gasteiger partial charge in [0, 0.05) is 30.8 Å². The number of amides is 1. The molecule has 0 aliphatic heterocycles. The van der Waals surface area contributed by atoms with Crippen molar-refractivity contribution in [2.45, 2.75) is 58.9 Å². The molecule has 2 aromatic rings. The van der Waals surface area contributed by atoms with Gasteiger partial charge in [0.1, 0.15) is 5.75 Å². The van der Waals surface area contributed by atoms with E-state index >= 15 is 0 Å². The number of phenols is 1. The first kappa shape index (κ1) is 29.0. The molecule has 0 unspecified atom stereocenters. The van der Waals surface area contributed by atoms with Gasteiger partial charge in [-0.05, 0) is 54.3 Å². The lowest BCUT2D eigenvalue weighted by molar-refractivity contribution is -0.121. The number of nitrogens with zero attached hydrogens (tertiary/aromatic N) is 4. The maximum Gasteiger partial charge on any atom is 0.254 e. The average molecular weight is 492 g/mol. The zero-order chi connectivity index (χ0) is 27.1. The first-order chi connectivity index (χ1) is 16.7. The minimum atomic E-state index is -0.229. The summed E-state index contributed by atoms with van der Waals surface area (Å²) in [6, 6.07) is 13.7. The molecule has 194 valence electrons. The van der Waals surface area contributed by atoms with Gasteiger partial charge < -0.3 is 10.0 Å². The van der Waals surface area contributed by atoms with Crippen LogP contribution in [0.3, 0.4) is 0 Å². The van der Waals surface area contributed by atoms with Crippen molar-refractivity contribution in [1.29, 1.82) is 5.26 Å². The Bertz CT molecular complexity index is 1100. The molecular weight excluding hydrogens is 450 g/mol. The van der Waals surface area contributed by atoms with Crippen molar-refractivity contribution in [2.24, 2.45) is 5.10 Å². The van der Waals surface area contributed by atoms with Gasteiger partial charge in [0.15, 0.2) is 0 Å². The number of rotatable bonds is 9. The van der Waals surface area contributed by atoms with Crippen molar-refractivity contribution >= 4 is 12.1 Å². The number of phenolic OH excluding ortho intramolecular Hbond substituents is 1. The maximum absolute atomic E-state index is 12.4. The molecule has 0 spiro atoms. The van der Waals surface area contributed by atoms with Gasteiger partial charge >= 0.3 is 0 Å². The minimum Gasteiger partial charge on any atom is -0.507 e. The van der Waals surface area contributed by atoms with E-state index in [2.05, 4.69) is 69.1 Å². The molecule has 0 bridgehead atoms. The standard InChI is InChI=1S/C29H41N5O2/c1-28(2,3)24-15-23(27(36)25(16-24)29(4,5)6)18-31-32-26(35)20-34(8)14-13-33(7)19-22-11-9-21(17-30)10-12-22/h9-12,15-16,18,36H,13-14,19-20H2,1-8H3,(H,32,35)/b31-18+. The third-order valence-electron chi connectivity index (χ3n) is 6.02. The van der Waals surface area contributed by atoms with Crippen LogP contribution in [0.4, 0.5) is 0 Å². The van der Waals surface area contributed by atoms with E-state index in [1.165, 1.54) is 6.21 Å². The molecule has 0 fully saturated rings. The SMILES string of the molecule is CN(CCN(C)Cc1ccc(C#N)cc1)CC(=O)N/N=C/c1cc(C(C)(C)C)cc(C(C)(C)C)c1O. The highest BCUT2D eigenvalue weighted by atomic mass is 16.3. The highest BCUT2D eigenvalue weighted by Gasteiger charge is 2.24. The fourth-order valence-corrected chi connectivity index (χ4v) is 3.71. The largest absolute Gasteiger partial charge is 0.507 e. The van der Waals surface area contributed by atoms with E-state index in [-0.39, 0.29) is 29.0 Å². The summed E-state index contributed by atoms with van der Waals surface area (Å²) in [6.45, 7) is 15.1. The van der Waals surface area contributed by atoms with Crippen molar-refractivity contribution in [3.63, 3.8) is 0 Å². The first-order valence-corrected chi connectivity index (χ1v) is 12.3. The second-order valence-electron chi connectivity index (χ2n) is 11.5.